The van der Waals surface area contributed by atoms with Crippen molar-refractivity contribution in [1.29, 1.82) is 0 Å². The number of nitrogens with two attached hydrogens (primary N) is 1. The average molecular weight is 249 g/mol. The molecular formula is C13H19N3O2. The molecule has 0 bridgehead atoms. The van der Waals surface area contributed by atoms with E-state index in [2.05, 4.69) is 10.3 Å². The summed E-state index contributed by atoms with van der Waals surface area (Å²) in [5.41, 5.74) is 6.63. The molecule has 18 heavy (non-hydrogen) atoms. The summed E-state index contributed by atoms with van der Waals surface area (Å²) >= 11 is 0. The van der Waals surface area contributed by atoms with Gasteiger partial charge in [0, 0.05) is 25.5 Å². The molecule has 2 heterocycles. The number of hydrogen-bond donors (Lipinski definition) is 2. The molecule has 1 unspecified atom stereocenters. The molecule has 2 rings (SSSR count). The van der Waals surface area contributed by atoms with E-state index in [1.807, 2.05) is 6.92 Å². The van der Waals surface area contributed by atoms with Gasteiger partial charge in [0.2, 0.25) is 0 Å². The number of hydrogen-bond acceptors (Lipinski definition) is 4. The summed E-state index contributed by atoms with van der Waals surface area (Å²) in [4.78, 5) is 15.9. The zero-order valence-corrected chi connectivity index (χ0v) is 10.6. The molecule has 1 aliphatic rings. The maximum atomic E-state index is 12.1. The van der Waals surface area contributed by atoms with Crippen LogP contribution in [0.1, 0.15) is 30.1 Å². The van der Waals surface area contributed by atoms with Crippen molar-refractivity contribution in [3.8, 4) is 0 Å². The number of aromatic nitrogens is 1. The maximum Gasteiger partial charge on any atom is 0.253 e. The molecule has 0 aromatic carbocycles. The largest absolute Gasteiger partial charge is 0.397 e. The lowest BCUT2D eigenvalue weighted by Crippen LogP contribution is -2.40. The minimum Gasteiger partial charge on any atom is -0.397 e. The molecule has 98 valence electrons. The molecular weight excluding hydrogens is 230 g/mol. The van der Waals surface area contributed by atoms with Crippen LogP contribution in [-0.2, 0) is 4.74 Å². The fraction of sp³-hybridized carbons (Fsp3) is 0.538. The Balaban J connectivity index is 1.96. The van der Waals surface area contributed by atoms with Crippen molar-refractivity contribution in [2.45, 2.75) is 25.8 Å². The molecule has 0 spiro atoms. The van der Waals surface area contributed by atoms with Crippen LogP contribution in [0.15, 0.2) is 18.5 Å². The molecule has 1 atom stereocenters. The van der Waals surface area contributed by atoms with Crippen LogP contribution in [-0.4, -0.2) is 30.1 Å². The zero-order valence-electron chi connectivity index (χ0n) is 10.6. The Morgan fingerprint density at radius 1 is 1.56 bits per heavy atom. The summed E-state index contributed by atoms with van der Waals surface area (Å²) in [7, 11) is 0. The fourth-order valence-corrected chi connectivity index (χ4v) is 2.23. The van der Waals surface area contributed by atoms with Gasteiger partial charge in [0.1, 0.15) is 0 Å². The second kappa shape index (κ2) is 5.82. The van der Waals surface area contributed by atoms with Crippen LogP contribution in [0, 0.1) is 5.92 Å². The van der Waals surface area contributed by atoms with Crippen LogP contribution < -0.4 is 11.1 Å². The molecule has 1 aromatic heterocycles. The van der Waals surface area contributed by atoms with E-state index in [0.717, 1.165) is 26.1 Å². The topological polar surface area (TPSA) is 77.2 Å². The Morgan fingerprint density at radius 3 is 2.94 bits per heavy atom. The normalized spacial score (nSPS) is 18.3. The third-order valence-corrected chi connectivity index (χ3v) is 3.43. The van der Waals surface area contributed by atoms with Crippen molar-refractivity contribution in [2.75, 3.05) is 18.9 Å². The number of amides is 1. The number of nitrogens with one attached hydrogen (secondary N) is 1. The van der Waals surface area contributed by atoms with E-state index in [-0.39, 0.29) is 11.9 Å². The first kappa shape index (κ1) is 12.8. The molecule has 0 aliphatic carbocycles. The van der Waals surface area contributed by atoms with Gasteiger partial charge < -0.3 is 15.8 Å². The van der Waals surface area contributed by atoms with E-state index in [1.165, 1.54) is 6.20 Å². The average Bonchev–Trinajstić information content (AvgIpc) is 2.40. The number of carbonyl (C=O) groups excluding carboxylic acids is 1. The number of nitrogens with zero attached hydrogens (tertiary/aromatic N) is 1. The van der Waals surface area contributed by atoms with Crippen LogP contribution in [0.3, 0.4) is 0 Å². The van der Waals surface area contributed by atoms with Crippen molar-refractivity contribution in [1.82, 2.24) is 10.3 Å². The number of carbonyl (C=O) groups is 1. The highest BCUT2D eigenvalue weighted by molar-refractivity contribution is 5.98. The molecule has 1 aliphatic heterocycles. The first-order valence-corrected chi connectivity index (χ1v) is 6.26. The standard InChI is InChI=1S/C13H19N3O2/c1-9(10-3-6-18-7-4-10)16-13(17)11-2-5-15-8-12(11)14/h2,5,8-10H,3-4,6-7,14H2,1H3,(H,16,17). The number of ether oxygens (including phenoxy) is 1. The predicted molar refractivity (Wildman–Crippen MR) is 69.1 cm³/mol. The highest BCUT2D eigenvalue weighted by Crippen LogP contribution is 2.19. The minimum absolute atomic E-state index is 0.131. The third kappa shape index (κ3) is 2.98. The number of rotatable bonds is 3. The summed E-state index contributed by atoms with van der Waals surface area (Å²) in [5, 5.41) is 3.00. The lowest BCUT2D eigenvalue weighted by Gasteiger charge is -2.28. The van der Waals surface area contributed by atoms with Crippen molar-refractivity contribution < 1.29 is 9.53 Å². The van der Waals surface area contributed by atoms with Gasteiger partial charge in [-0.15, -0.1) is 0 Å². The molecule has 5 heteroatoms. The number of anilines is 1. The lowest BCUT2D eigenvalue weighted by atomic mass is 9.93. The Labute approximate surface area is 107 Å². The molecule has 0 radical (unpaired) electrons. The van der Waals surface area contributed by atoms with Crippen molar-refractivity contribution in [3.63, 3.8) is 0 Å². The van der Waals surface area contributed by atoms with E-state index < -0.39 is 0 Å². The fourth-order valence-electron chi connectivity index (χ4n) is 2.23. The van der Waals surface area contributed by atoms with Gasteiger partial charge in [-0.1, -0.05) is 0 Å². The van der Waals surface area contributed by atoms with E-state index >= 15 is 0 Å². The van der Waals surface area contributed by atoms with Crippen LogP contribution >= 0.6 is 0 Å². The van der Waals surface area contributed by atoms with Gasteiger partial charge in [-0.2, -0.15) is 0 Å². The Morgan fingerprint density at radius 2 is 2.28 bits per heavy atom. The summed E-state index contributed by atoms with van der Waals surface area (Å²) < 4.78 is 5.32. The maximum absolute atomic E-state index is 12.1. The van der Waals surface area contributed by atoms with Gasteiger partial charge in [-0.05, 0) is 31.7 Å². The van der Waals surface area contributed by atoms with Crippen molar-refractivity contribution in [3.05, 3.63) is 24.0 Å². The second-order valence-electron chi connectivity index (χ2n) is 4.67. The van der Waals surface area contributed by atoms with Gasteiger partial charge in [0.25, 0.3) is 5.91 Å². The van der Waals surface area contributed by atoms with Crippen LogP contribution in [0.25, 0.3) is 0 Å². The van der Waals surface area contributed by atoms with Gasteiger partial charge in [0.15, 0.2) is 0 Å². The third-order valence-electron chi connectivity index (χ3n) is 3.43. The monoisotopic (exact) mass is 249 g/mol. The van der Waals surface area contributed by atoms with Gasteiger partial charge in [-0.3, -0.25) is 9.78 Å². The molecule has 0 saturated carbocycles. The van der Waals surface area contributed by atoms with E-state index in [0.29, 0.717) is 17.2 Å². The van der Waals surface area contributed by atoms with Crippen molar-refractivity contribution in [2.24, 2.45) is 5.92 Å². The zero-order chi connectivity index (χ0) is 13.0. The Hall–Kier alpha value is -1.62. The van der Waals surface area contributed by atoms with Gasteiger partial charge in [0.05, 0.1) is 17.4 Å². The molecule has 1 saturated heterocycles. The lowest BCUT2D eigenvalue weighted by molar-refractivity contribution is 0.0538. The highest BCUT2D eigenvalue weighted by Gasteiger charge is 2.22. The molecule has 1 aromatic rings. The van der Waals surface area contributed by atoms with Crippen LogP contribution in [0.2, 0.25) is 0 Å². The van der Waals surface area contributed by atoms with E-state index in [4.69, 9.17) is 10.5 Å². The van der Waals surface area contributed by atoms with Crippen LogP contribution in [0.4, 0.5) is 5.69 Å². The smallest absolute Gasteiger partial charge is 0.253 e. The first-order chi connectivity index (χ1) is 8.68. The molecule has 1 amide bonds. The minimum atomic E-state index is -0.131. The summed E-state index contributed by atoms with van der Waals surface area (Å²) in [6, 6.07) is 1.77. The van der Waals surface area contributed by atoms with Gasteiger partial charge >= 0.3 is 0 Å². The molecule has 5 nitrogen and oxygen atoms in total. The first-order valence-electron chi connectivity index (χ1n) is 6.26. The predicted octanol–water partition coefficient (Wildman–Crippen LogP) is 1.21. The van der Waals surface area contributed by atoms with Crippen molar-refractivity contribution >= 4 is 11.6 Å². The quantitative estimate of drug-likeness (QED) is 0.844. The summed E-state index contributed by atoms with van der Waals surface area (Å²) in [6.07, 6.45) is 5.05. The molecule has 1 fully saturated rings. The Bertz CT molecular complexity index is 416. The second-order valence-corrected chi connectivity index (χ2v) is 4.67. The van der Waals surface area contributed by atoms with E-state index in [1.54, 1.807) is 12.3 Å². The molecule has 3 N–H and O–H groups in total. The summed E-state index contributed by atoms with van der Waals surface area (Å²) in [6.45, 7) is 3.59. The number of nitrogen functional groups attached to an aromatic ring is 1. The van der Waals surface area contributed by atoms with Crippen LogP contribution in [0.5, 0.6) is 0 Å². The number of pyridine rings is 1. The van der Waals surface area contributed by atoms with E-state index in [9.17, 15) is 4.79 Å². The Kier molecular flexibility index (Phi) is 4.15. The summed E-state index contributed by atoms with van der Waals surface area (Å²) in [5.74, 6) is 0.347. The highest BCUT2D eigenvalue weighted by atomic mass is 16.5. The van der Waals surface area contributed by atoms with Gasteiger partial charge in [-0.25, -0.2) is 0 Å². The SMILES string of the molecule is CC(NC(=O)c1ccncc1N)C1CCOCC1.